The zero-order chi connectivity index (χ0) is 10.2. The summed E-state index contributed by atoms with van der Waals surface area (Å²) in [5.74, 6) is -0.156. The lowest BCUT2D eigenvalue weighted by atomic mass is 10.3. The topological polar surface area (TPSA) is 86.1 Å². The van der Waals surface area contributed by atoms with Crippen LogP contribution in [0.2, 0.25) is 0 Å². The van der Waals surface area contributed by atoms with Gasteiger partial charge in [-0.05, 0) is 0 Å². The van der Waals surface area contributed by atoms with Crippen molar-refractivity contribution in [2.75, 3.05) is 11.7 Å². The van der Waals surface area contributed by atoms with Crippen molar-refractivity contribution in [2.45, 2.75) is 0 Å². The first kappa shape index (κ1) is 7.69. The Labute approximate surface area is 82.2 Å². The maximum absolute atomic E-state index is 11.8. The minimum absolute atomic E-state index is 0.0240. The van der Waals surface area contributed by atoms with Gasteiger partial charge in [0.25, 0.3) is 0 Å². The lowest BCUT2D eigenvalue weighted by Crippen LogP contribution is -2.48. The summed E-state index contributed by atoms with van der Waals surface area (Å²) in [5, 5.41) is 2.14. The zero-order valence-electron chi connectivity index (χ0n) is 7.06. The van der Waals surface area contributed by atoms with E-state index in [1.165, 1.54) is 11.4 Å². The van der Waals surface area contributed by atoms with Gasteiger partial charge >= 0.3 is 13.7 Å². The molecule has 6 bridgehead atoms. The Hall–Kier alpha value is -1.57. The fourth-order valence-corrected chi connectivity index (χ4v) is 2.81. The molecule has 0 saturated carbocycles. The van der Waals surface area contributed by atoms with E-state index in [1.807, 2.05) is 0 Å². The highest BCUT2D eigenvalue weighted by Gasteiger charge is 2.54. The van der Waals surface area contributed by atoms with Crippen LogP contribution in [0.3, 0.4) is 0 Å². The Morgan fingerprint density at radius 2 is 2.13 bits per heavy atom. The fraction of sp³-hybridized carbons (Fsp3) is 0.200. The molecule has 1 unspecified atom stereocenters. The van der Waals surface area contributed by atoms with Crippen molar-refractivity contribution in [2.24, 2.45) is 0 Å². The summed E-state index contributed by atoms with van der Waals surface area (Å²) in [6.45, 7) is 0.0240. The van der Waals surface area contributed by atoms with E-state index in [4.69, 9.17) is 13.9 Å². The van der Waals surface area contributed by atoms with Crippen molar-refractivity contribution >= 4 is 19.5 Å². The lowest BCUT2D eigenvalue weighted by molar-refractivity contribution is -0.101. The zero-order valence-corrected chi connectivity index (χ0v) is 7.96. The number of amides is 1. The number of phosphoric acid groups is 1. The van der Waals surface area contributed by atoms with Gasteiger partial charge in [-0.1, -0.05) is 0 Å². The molecular weight excluding hydrogens is 227 g/mol. The van der Waals surface area contributed by atoms with E-state index in [-0.39, 0.29) is 18.2 Å². The van der Waals surface area contributed by atoms with Crippen LogP contribution in [0.5, 0.6) is 0 Å². The van der Waals surface area contributed by atoms with Gasteiger partial charge in [0, 0.05) is 0 Å². The number of carbonyl (C=O) groups is 1. The van der Waals surface area contributed by atoms with Gasteiger partial charge in [0.05, 0.1) is 0 Å². The van der Waals surface area contributed by atoms with Crippen molar-refractivity contribution in [1.82, 2.24) is 14.8 Å². The molecule has 4 aliphatic rings. The van der Waals surface area contributed by atoms with Crippen LogP contribution in [0.4, 0.5) is 5.82 Å². The molecule has 1 atom stereocenters. The van der Waals surface area contributed by atoms with E-state index < -0.39 is 13.7 Å². The second kappa shape index (κ2) is 2.01. The highest BCUT2D eigenvalue weighted by atomic mass is 31.2. The minimum Gasteiger partial charge on any atom is -0.307 e. The van der Waals surface area contributed by atoms with E-state index in [0.29, 0.717) is 0 Å². The Morgan fingerprint density at radius 3 is 3.00 bits per heavy atom. The Bertz CT molecular complexity index is 540. The van der Waals surface area contributed by atoms with Crippen molar-refractivity contribution in [1.29, 1.82) is 0 Å². The standard InChI is InChI=1S/C5H3N4O5P/c10-5-3-4-6-1-7(3)12-15(11)13-8(4)2-9(5)14-15/h1H,2H2. The molecule has 10 heteroatoms. The summed E-state index contributed by atoms with van der Waals surface area (Å²) in [5.41, 5.74) is 0.150. The van der Waals surface area contributed by atoms with E-state index in [9.17, 15) is 9.36 Å². The van der Waals surface area contributed by atoms with Crippen LogP contribution in [0.25, 0.3) is 0 Å². The van der Waals surface area contributed by atoms with E-state index in [2.05, 4.69) is 4.98 Å². The number of carbonyl (C=O) groups excluding carboxylic acids is 1. The molecule has 1 aromatic rings. The van der Waals surface area contributed by atoms with Crippen LogP contribution in [0, 0.1) is 0 Å². The van der Waals surface area contributed by atoms with Gasteiger partial charge in [0.15, 0.2) is 11.5 Å². The molecule has 0 aromatic carbocycles. The van der Waals surface area contributed by atoms with Gasteiger partial charge in [-0.2, -0.15) is 19.5 Å². The molecule has 0 spiro atoms. The number of nitrogens with zero attached hydrogens (tertiary/aromatic N) is 4. The summed E-state index contributed by atoms with van der Waals surface area (Å²) in [6, 6.07) is 0. The first-order valence-corrected chi connectivity index (χ1v) is 5.49. The molecule has 5 rings (SSSR count). The van der Waals surface area contributed by atoms with Crippen LogP contribution in [0.15, 0.2) is 6.33 Å². The second-order valence-corrected chi connectivity index (χ2v) is 4.52. The molecule has 1 aromatic heterocycles. The molecule has 1 saturated heterocycles. The molecule has 0 aliphatic carbocycles. The molecule has 0 N–H and O–H groups in total. The fourth-order valence-electron chi connectivity index (χ4n) is 1.65. The normalized spacial score (nSPS) is 30.8. The van der Waals surface area contributed by atoms with Gasteiger partial charge in [-0.25, -0.2) is 9.55 Å². The highest BCUT2D eigenvalue weighted by molar-refractivity contribution is 7.48. The van der Waals surface area contributed by atoms with Gasteiger partial charge in [0.2, 0.25) is 0 Å². The number of anilines is 1. The van der Waals surface area contributed by atoms with Crippen LogP contribution < -0.4 is 9.69 Å². The molecule has 9 nitrogen and oxygen atoms in total. The number of hydroxylamine groups is 3. The Kier molecular flexibility index (Phi) is 1.03. The predicted octanol–water partition coefficient (Wildman–Crippen LogP) is -0.470. The summed E-state index contributed by atoms with van der Waals surface area (Å²) in [7, 11) is -3.78. The Balaban J connectivity index is 2.11. The average Bonchev–Trinajstić information content (AvgIpc) is 2.51. The van der Waals surface area contributed by atoms with Crippen molar-refractivity contribution < 1.29 is 23.2 Å². The average molecular weight is 230 g/mol. The van der Waals surface area contributed by atoms with Crippen molar-refractivity contribution in [3.8, 4) is 0 Å². The van der Waals surface area contributed by atoms with Crippen LogP contribution >= 0.6 is 7.82 Å². The van der Waals surface area contributed by atoms with Crippen LogP contribution in [-0.4, -0.2) is 27.4 Å². The maximum atomic E-state index is 11.8. The summed E-state index contributed by atoms with van der Waals surface area (Å²) in [6.07, 6.45) is 1.25. The molecule has 1 fully saturated rings. The second-order valence-electron chi connectivity index (χ2n) is 3.14. The van der Waals surface area contributed by atoms with Gasteiger partial charge in [-0.3, -0.25) is 4.79 Å². The molecule has 5 heterocycles. The van der Waals surface area contributed by atoms with E-state index in [1.54, 1.807) is 0 Å². The molecule has 0 radical (unpaired) electrons. The van der Waals surface area contributed by atoms with Crippen LogP contribution in [-0.2, 0) is 13.8 Å². The third kappa shape index (κ3) is 0.751. The minimum atomic E-state index is -3.78. The van der Waals surface area contributed by atoms with Gasteiger partial charge < -0.3 is 4.62 Å². The molecule has 1 amide bonds. The summed E-state index contributed by atoms with van der Waals surface area (Å²) >= 11 is 0. The first-order chi connectivity index (χ1) is 7.16. The number of aromatic nitrogens is 2. The third-order valence-electron chi connectivity index (χ3n) is 2.22. The van der Waals surface area contributed by atoms with Gasteiger partial charge in [0.1, 0.15) is 13.0 Å². The Morgan fingerprint density at radius 1 is 1.33 bits per heavy atom. The lowest BCUT2D eigenvalue weighted by Gasteiger charge is -2.36. The number of hydrogen-bond donors (Lipinski definition) is 0. The highest BCUT2D eigenvalue weighted by Crippen LogP contribution is 2.56. The monoisotopic (exact) mass is 230 g/mol. The molecule has 15 heavy (non-hydrogen) atoms. The number of rotatable bonds is 0. The predicted molar refractivity (Wildman–Crippen MR) is 42.1 cm³/mol. The largest absolute Gasteiger partial charge is 0.593 e. The van der Waals surface area contributed by atoms with Crippen molar-refractivity contribution in [3.63, 3.8) is 0 Å². The van der Waals surface area contributed by atoms with E-state index in [0.717, 1.165) is 9.79 Å². The summed E-state index contributed by atoms with van der Waals surface area (Å²) < 4.78 is 27.5. The SMILES string of the molecule is O=C1c2c3ncn2OP2(=O)ON1CN3O2. The van der Waals surface area contributed by atoms with Gasteiger partial charge in [-0.15, -0.1) is 4.62 Å². The third-order valence-corrected chi connectivity index (χ3v) is 3.39. The van der Waals surface area contributed by atoms with Crippen LogP contribution in [0.1, 0.15) is 10.5 Å². The molecular formula is C5H3N4O5P. The first-order valence-electron chi connectivity index (χ1n) is 4.03. The summed E-state index contributed by atoms with van der Waals surface area (Å²) in [4.78, 5) is 15.6. The quantitative estimate of drug-likeness (QED) is 0.556. The van der Waals surface area contributed by atoms with Crippen molar-refractivity contribution in [3.05, 3.63) is 12.0 Å². The molecule has 4 aliphatic heterocycles. The number of hydrogen-bond acceptors (Lipinski definition) is 7. The smallest absolute Gasteiger partial charge is 0.307 e. The number of imidazole rings is 1. The molecule has 78 valence electrons. The maximum Gasteiger partial charge on any atom is 0.593 e. The van der Waals surface area contributed by atoms with E-state index >= 15 is 0 Å².